The maximum absolute atomic E-state index is 12.0. The quantitative estimate of drug-likeness (QED) is 0.779. The first kappa shape index (κ1) is 14.6. The first-order valence-corrected chi connectivity index (χ1v) is 5.34. The second-order valence-corrected chi connectivity index (χ2v) is 5.05. The van der Waals surface area contributed by atoms with Crippen LogP contribution in [0.1, 0.15) is 20.8 Å². The van der Waals surface area contributed by atoms with Crippen LogP contribution >= 0.6 is 0 Å². The Bertz CT molecular complexity index is 343. The number of hydrogen-bond donors (Lipinski definition) is 1. The molecule has 1 heterocycles. The van der Waals surface area contributed by atoms with Gasteiger partial charge in [0.15, 0.2) is 0 Å². The molecule has 104 valence electrons. The standard InChI is InChI=1S/C10H15F3N2O3/c1-9(2,3)18-8(17)14-6-4-15(5-6)7(16)10(11,12)13/h6H,4-5H2,1-3H3,(H,14,17). The lowest BCUT2D eigenvalue weighted by atomic mass is 10.1. The summed E-state index contributed by atoms with van der Waals surface area (Å²) >= 11 is 0. The highest BCUT2D eigenvalue weighted by Gasteiger charge is 2.47. The van der Waals surface area contributed by atoms with Crippen LogP contribution in [0.15, 0.2) is 0 Å². The van der Waals surface area contributed by atoms with Crippen molar-refractivity contribution in [2.45, 2.75) is 38.6 Å². The monoisotopic (exact) mass is 268 g/mol. The normalized spacial score (nSPS) is 17.1. The molecule has 0 aliphatic carbocycles. The lowest BCUT2D eigenvalue weighted by Crippen LogP contribution is -2.63. The molecule has 1 N–H and O–H groups in total. The molecule has 0 unspecified atom stereocenters. The fourth-order valence-corrected chi connectivity index (χ4v) is 1.39. The van der Waals surface area contributed by atoms with Gasteiger partial charge in [-0.3, -0.25) is 4.79 Å². The van der Waals surface area contributed by atoms with E-state index in [1.54, 1.807) is 20.8 Å². The predicted molar refractivity (Wildman–Crippen MR) is 55.8 cm³/mol. The number of alkyl halides is 3. The maximum atomic E-state index is 12.0. The molecule has 0 radical (unpaired) electrons. The first-order chi connectivity index (χ1) is 7.99. The molecule has 1 rings (SSSR count). The van der Waals surface area contributed by atoms with Gasteiger partial charge >= 0.3 is 18.2 Å². The molecule has 1 saturated heterocycles. The van der Waals surface area contributed by atoms with Gasteiger partial charge in [0.25, 0.3) is 0 Å². The van der Waals surface area contributed by atoms with Crippen molar-refractivity contribution in [1.82, 2.24) is 10.2 Å². The molecule has 8 heteroatoms. The highest BCUT2D eigenvalue weighted by Crippen LogP contribution is 2.22. The average Bonchev–Trinajstić information content (AvgIpc) is 2.04. The zero-order valence-corrected chi connectivity index (χ0v) is 10.3. The lowest BCUT2D eigenvalue weighted by molar-refractivity contribution is -0.190. The highest BCUT2D eigenvalue weighted by molar-refractivity contribution is 5.83. The minimum absolute atomic E-state index is 0.155. The number of hydrogen-bond acceptors (Lipinski definition) is 3. The van der Waals surface area contributed by atoms with Gasteiger partial charge in [0.05, 0.1) is 6.04 Å². The third-order valence-electron chi connectivity index (χ3n) is 2.13. The molecule has 2 amide bonds. The van der Waals surface area contributed by atoms with Crippen molar-refractivity contribution in [2.75, 3.05) is 13.1 Å². The van der Waals surface area contributed by atoms with Crippen LogP contribution in [0.2, 0.25) is 0 Å². The van der Waals surface area contributed by atoms with Crippen molar-refractivity contribution in [1.29, 1.82) is 0 Å². The predicted octanol–water partition coefficient (Wildman–Crippen LogP) is 1.28. The summed E-state index contributed by atoms with van der Waals surface area (Å²) in [6, 6.07) is -0.494. The van der Waals surface area contributed by atoms with Crippen LogP contribution in [0.25, 0.3) is 0 Å². The van der Waals surface area contributed by atoms with Crippen LogP contribution in [-0.4, -0.2) is 47.8 Å². The summed E-state index contributed by atoms with van der Waals surface area (Å²) in [4.78, 5) is 22.7. The van der Waals surface area contributed by atoms with Gasteiger partial charge in [-0.1, -0.05) is 0 Å². The molecular formula is C10H15F3N2O3. The minimum Gasteiger partial charge on any atom is -0.444 e. The largest absolute Gasteiger partial charge is 0.471 e. The van der Waals surface area contributed by atoms with Crippen LogP contribution in [0.3, 0.4) is 0 Å². The van der Waals surface area contributed by atoms with Crippen LogP contribution < -0.4 is 5.32 Å². The average molecular weight is 268 g/mol. The summed E-state index contributed by atoms with van der Waals surface area (Å²) in [5.41, 5.74) is -0.671. The smallest absolute Gasteiger partial charge is 0.444 e. The van der Waals surface area contributed by atoms with E-state index < -0.39 is 29.8 Å². The third-order valence-corrected chi connectivity index (χ3v) is 2.13. The van der Waals surface area contributed by atoms with Crippen molar-refractivity contribution in [2.24, 2.45) is 0 Å². The van der Waals surface area contributed by atoms with E-state index in [-0.39, 0.29) is 13.1 Å². The van der Waals surface area contributed by atoms with E-state index in [9.17, 15) is 22.8 Å². The van der Waals surface area contributed by atoms with Gasteiger partial charge in [-0.25, -0.2) is 4.79 Å². The van der Waals surface area contributed by atoms with Crippen molar-refractivity contribution < 1.29 is 27.5 Å². The molecule has 1 aliphatic rings. The Hall–Kier alpha value is -1.47. The van der Waals surface area contributed by atoms with Crippen LogP contribution in [0, 0.1) is 0 Å². The van der Waals surface area contributed by atoms with E-state index in [2.05, 4.69) is 5.32 Å². The molecule has 0 saturated carbocycles. The minimum atomic E-state index is -4.86. The molecule has 18 heavy (non-hydrogen) atoms. The molecule has 0 aromatic rings. The van der Waals surface area contributed by atoms with E-state index >= 15 is 0 Å². The maximum Gasteiger partial charge on any atom is 0.471 e. The van der Waals surface area contributed by atoms with Crippen LogP contribution in [-0.2, 0) is 9.53 Å². The van der Waals surface area contributed by atoms with E-state index in [4.69, 9.17) is 4.74 Å². The molecule has 1 fully saturated rings. The van der Waals surface area contributed by atoms with Gasteiger partial charge < -0.3 is 15.0 Å². The molecule has 0 aromatic carbocycles. The SMILES string of the molecule is CC(C)(C)OC(=O)NC1CN(C(=O)C(F)(F)F)C1. The van der Waals surface area contributed by atoms with E-state index in [0.717, 1.165) is 0 Å². The highest BCUT2D eigenvalue weighted by atomic mass is 19.4. The number of amides is 2. The summed E-state index contributed by atoms with van der Waals surface area (Å²) in [6.07, 6.45) is -5.57. The summed E-state index contributed by atoms with van der Waals surface area (Å²) < 4.78 is 41.0. The Morgan fingerprint density at radius 3 is 2.11 bits per heavy atom. The van der Waals surface area contributed by atoms with Gasteiger partial charge in [-0.05, 0) is 20.8 Å². The molecule has 5 nitrogen and oxygen atoms in total. The van der Waals surface area contributed by atoms with Crippen molar-refractivity contribution in [3.05, 3.63) is 0 Å². The van der Waals surface area contributed by atoms with Gasteiger partial charge in [-0.2, -0.15) is 13.2 Å². The van der Waals surface area contributed by atoms with Gasteiger partial charge in [-0.15, -0.1) is 0 Å². The van der Waals surface area contributed by atoms with E-state index in [0.29, 0.717) is 4.90 Å². The third kappa shape index (κ3) is 4.08. The molecule has 0 aromatic heterocycles. The Morgan fingerprint density at radius 1 is 1.22 bits per heavy atom. The fraction of sp³-hybridized carbons (Fsp3) is 0.800. The molecule has 0 atom stereocenters. The zero-order valence-electron chi connectivity index (χ0n) is 10.3. The Balaban J connectivity index is 2.32. The van der Waals surface area contributed by atoms with E-state index in [1.807, 2.05) is 0 Å². The Kier molecular flexibility index (Phi) is 3.78. The number of nitrogens with zero attached hydrogens (tertiary/aromatic N) is 1. The number of carbonyl (C=O) groups excluding carboxylic acids is 2. The number of alkyl carbamates (subject to hydrolysis) is 1. The zero-order chi connectivity index (χ0) is 14.1. The summed E-state index contributed by atoms with van der Waals surface area (Å²) in [6.45, 7) is 4.71. The summed E-state index contributed by atoms with van der Waals surface area (Å²) in [5.74, 6) is -1.88. The second kappa shape index (κ2) is 4.66. The number of carbonyl (C=O) groups is 2. The number of ether oxygens (including phenoxy) is 1. The molecule has 0 bridgehead atoms. The van der Waals surface area contributed by atoms with Crippen molar-refractivity contribution in [3.8, 4) is 0 Å². The Morgan fingerprint density at radius 2 is 1.72 bits per heavy atom. The van der Waals surface area contributed by atoms with Crippen molar-refractivity contribution >= 4 is 12.0 Å². The fourth-order valence-electron chi connectivity index (χ4n) is 1.39. The van der Waals surface area contributed by atoms with Gasteiger partial charge in [0.1, 0.15) is 5.60 Å². The number of nitrogens with one attached hydrogen (secondary N) is 1. The summed E-state index contributed by atoms with van der Waals surface area (Å²) in [7, 11) is 0. The number of halogens is 3. The van der Waals surface area contributed by atoms with E-state index in [1.165, 1.54) is 0 Å². The lowest BCUT2D eigenvalue weighted by Gasteiger charge is -2.39. The van der Waals surface area contributed by atoms with Crippen LogP contribution in [0.4, 0.5) is 18.0 Å². The molecule has 1 aliphatic heterocycles. The van der Waals surface area contributed by atoms with Gasteiger partial charge in [0.2, 0.25) is 0 Å². The number of rotatable bonds is 1. The summed E-state index contributed by atoms with van der Waals surface area (Å²) in [5, 5.41) is 2.39. The molecule has 0 spiro atoms. The van der Waals surface area contributed by atoms with Gasteiger partial charge in [0, 0.05) is 13.1 Å². The number of likely N-dealkylation sites (tertiary alicyclic amines) is 1. The molecular weight excluding hydrogens is 253 g/mol. The Labute approximate surface area is 102 Å². The second-order valence-electron chi connectivity index (χ2n) is 5.05. The van der Waals surface area contributed by atoms with Crippen LogP contribution in [0.5, 0.6) is 0 Å². The van der Waals surface area contributed by atoms with Crippen molar-refractivity contribution in [3.63, 3.8) is 0 Å². The topological polar surface area (TPSA) is 58.6 Å². The first-order valence-electron chi connectivity index (χ1n) is 5.34.